The molecule has 7 heteroatoms. The zero-order valence-corrected chi connectivity index (χ0v) is 13.9. The first-order valence-electron chi connectivity index (χ1n) is 7.05. The van der Waals surface area contributed by atoms with Gasteiger partial charge < -0.3 is 4.90 Å². The maximum atomic E-state index is 13.3. The summed E-state index contributed by atoms with van der Waals surface area (Å²) in [5.74, 6) is -0.218. The number of aryl methyl sites for hydroxylation is 1. The molecule has 0 amide bonds. The van der Waals surface area contributed by atoms with Crippen LogP contribution in [0, 0.1) is 5.82 Å². The van der Waals surface area contributed by atoms with E-state index >= 15 is 0 Å². The fourth-order valence-corrected chi connectivity index (χ4v) is 4.71. The van der Waals surface area contributed by atoms with Gasteiger partial charge in [-0.25, -0.2) is 17.8 Å². The molecule has 0 spiro atoms. The molecule has 0 fully saturated rings. The van der Waals surface area contributed by atoms with Crippen LogP contribution in [-0.4, -0.2) is 26.2 Å². The van der Waals surface area contributed by atoms with Crippen LogP contribution in [0.4, 0.5) is 10.1 Å². The smallest absolute Gasteiger partial charge is 0.153 e. The van der Waals surface area contributed by atoms with Crippen LogP contribution in [0.15, 0.2) is 23.6 Å². The third-order valence-corrected chi connectivity index (χ3v) is 5.47. The highest BCUT2D eigenvalue weighted by Gasteiger charge is 2.19. The molecule has 1 aliphatic heterocycles. The first-order valence-corrected chi connectivity index (χ1v) is 9.99. The summed E-state index contributed by atoms with van der Waals surface area (Å²) in [5, 5.41) is 2.52. The van der Waals surface area contributed by atoms with E-state index in [-0.39, 0.29) is 11.6 Å². The Balaban J connectivity index is 1.78. The lowest BCUT2D eigenvalue weighted by molar-refractivity contribution is 0.601. The van der Waals surface area contributed by atoms with E-state index in [0.29, 0.717) is 11.6 Å². The minimum absolute atomic E-state index is 0.0144. The second kappa shape index (κ2) is 5.96. The number of sulfone groups is 1. The monoisotopic (exact) mass is 340 g/mol. The molecule has 118 valence electrons. The molecule has 1 aliphatic rings. The number of rotatable bonds is 4. The second-order valence-electron chi connectivity index (χ2n) is 5.60. The summed E-state index contributed by atoms with van der Waals surface area (Å²) in [7, 11) is -3.06. The molecule has 0 unspecified atom stereocenters. The van der Waals surface area contributed by atoms with Gasteiger partial charge in [0.2, 0.25) is 0 Å². The first-order chi connectivity index (χ1) is 10.4. The number of thiazole rings is 1. The van der Waals surface area contributed by atoms with Crippen molar-refractivity contribution in [2.45, 2.75) is 25.1 Å². The average molecular weight is 340 g/mol. The van der Waals surface area contributed by atoms with Crippen LogP contribution < -0.4 is 4.90 Å². The molecule has 3 rings (SSSR count). The molecule has 0 N–H and O–H groups in total. The number of nitrogens with zero attached hydrogens (tertiary/aromatic N) is 2. The third kappa shape index (κ3) is 3.64. The van der Waals surface area contributed by atoms with Crippen molar-refractivity contribution in [1.82, 2.24) is 4.98 Å². The predicted molar refractivity (Wildman–Crippen MR) is 86.4 cm³/mol. The summed E-state index contributed by atoms with van der Waals surface area (Å²) >= 11 is 1.37. The predicted octanol–water partition coefficient (Wildman–Crippen LogP) is 2.78. The Morgan fingerprint density at radius 3 is 3.00 bits per heavy atom. The first kappa shape index (κ1) is 15.4. The van der Waals surface area contributed by atoms with E-state index in [0.717, 1.165) is 36.3 Å². The quantitative estimate of drug-likeness (QED) is 0.859. The summed E-state index contributed by atoms with van der Waals surface area (Å²) < 4.78 is 36.0. The van der Waals surface area contributed by atoms with Crippen molar-refractivity contribution in [1.29, 1.82) is 0 Å². The summed E-state index contributed by atoms with van der Waals surface area (Å²) in [6, 6.07) is 4.89. The van der Waals surface area contributed by atoms with Crippen molar-refractivity contribution in [3.8, 4) is 0 Å². The van der Waals surface area contributed by atoms with Crippen molar-refractivity contribution in [3.05, 3.63) is 45.7 Å². The van der Waals surface area contributed by atoms with Crippen molar-refractivity contribution in [2.24, 2.45) is 0 Å². The summed E-state index contributed by atoms with van der Waals surface area (Å²) in [6.07, 6.45) is 3.08. The Morgan fingerprint density at radius 2 is 2.23 bits per heavy atom. The van der Waals surface area contributed by atoms with Gasteiger partial charge in [0.05, 0.1) is 12.2 Å². The molecular weight excluding hydrogens is 323 g/mol. The number of aromatic nitrogens is 1. The Labute approximate surface area is 133 Å². The van der Waals surface area contributed by atoms with Gasteiger partial charge in [0.15, 0.2) is 9.84 Å². The van der Waals surface area contributed by atoms with E-state index in [1.807, 2.05) is 11.4 Å². The van der Waals surface area contributed by atoms with Crippen molar-refractivity contribution in [3.63, 3.8) is 0 Å². The van der Waals surface area contributed by atoms with Crippen LogP contribution in [0.2, 0.25) is 0 Å². The van der Waals surface area contributed by atoms with Crippen molar-refractivity contribution < 1.29 is 12.8 Å². The lowest BCUT2D eigenvalue weighted by Gasteiger charge is -2.30. The number of fused-ring (bicyclic) bond motifs is 1. The summed E-state index contributed by atoms with van der Waals surface area (Å²) in [6.45, 7) is 1.52. The standard InChI is InChI=1S/C15H17FN2O2S2/c1-22(19,20)10-15-17-13(9-21-15)8-18-6-2-3-11-7-12(16)4-5-14(11)18/h4-5,7,9H,2-3,6,8,10H2,1H3. The van der Waals surface area contributed by atoms with Crippen molar-refractivity contribution >= 4 is 26.9 Å². The van der Waals surface area contributed by atoms with Gasteiger partial charge in [0, 0.05) is 23.9 Å². The van der Waals surface area contributed by atoms with E-state index < -0.39 is 9.84 Å². The summed E-state index contributed by atoms with van der Waals surface area (Å²) in [4.78, 5) is 6.58. The van der Waals surface area contributed by atoms with Crippen LogP contribution in [-0.2, 0) is 28.6 Å². The highest BCUT2D eigenvalue weighted by Crippen LogP contribution is 2.29. The lowest BCUT2D eigenvalue weighted by atomic mass is 10.0. The number of halogens is 1. The van der Waals surface area contributed by atoms with Gasteiger partial charge in [0.1, 0.15) is 16.6 Å². The highest BCUT2D eigenvalue weighted by atomic mass is 32.2. The molecular formula is C15H17FN2O2S2. The van der Waals surface area contributed by atoms with E-state index in [1.165, 1.54) is 23.7 Å². The zero-order valence-electron chi connectivity index (χ0n) is 12.3. The zero-order chi connectivity index (χ0) is 15.7. The van der Waals surface area contributed by atoms with E-state index in [2.05, 4.69) is 9.88 Å². The van der Waals surface area contributed by atoms with Crippen LogP contribution in [0.5, 0.6) is 0 Å². The molecule has 1 aromatic carbocycles. The van der Waals surface area contributed by atoms with Crippen LogP contribution >= 0.6 is 11.3 Å². The van der Waals surface area contributed by atoms with Gasteiger partial charge in [-0.05, 0) is 36.6 Å². The molecule has 2 heterocycles. The Kier molecular flexibility index (Phi) is 4.18. The maximum Gasteiger partial charge on any atom is 0.153 e. The van der Waals surface area contributed by atoms with Crippen LogP contribution in [0.3, 0.4) is 0 Å². The normalized spacial score (nSPS) is 14.9. The molecule has 22 heavy (non-hydrogen) atoms. The minimum atomic E-state index is -3.06. The molecule has 0 bridgehead atoms. The largest absolute Gasteiger partial charge is 0.365 e. The molecule has 0 saturated heterocycles. The molecule has 1 aromatic heterocycles. The number of hydrogen-bond donors (Lipinski definition) is 0. The number of benzene rings is 1. The molecule has 4 nitrogen and oxygen atoms in total. The highest BCUT2D eigenvalue weighted by molar-refractivity contribution is 7.90. The van der Waals surface area contributed by atoms with Crippen LogP contribution in [0.1, 0.15) is 22.7 Å². The van der Waals surface area contributed by atoms with Crippen molar-refractivity contribution in [2.75, 3.05) is 17.7 Å². The van der Waals surface area contributed by atoms with E-state index in [1.54, 1.807) is 6.07 Å². The minimum Gasteiger partial charge on any atom is -0.365 e. The third-order valence-electron chi connectivity index (χ3n) is 3.59. The van der Waals surface area contributed by atoms with Gasteiger partial charge in [-0.3, -0.25) is 0 Å². The average Bonchev–Trinajstić information content (AvgIpc) is 2.83. The molecule has 0 aliphatic carbocycles. The molecule has 0 atom stereocenters. The van der Waals surface area contributed by atoms with Gasteiger partial charge in [0.25, 0.3) is 0 Å². The van der Waals surface area contributed by atoms with Gasteiger partial charge in [-0.2, -0.15) is 0 Å². The van der Waals surface area contributed by atoms with E-state index in [4.69, 9.17) is 0 Å². The van der Waals surface area contributed by atoms with Gasteiger partial charge in [-0.15, -0.1) is 11.3 Å². The SMILES string of the molecule is CS(=O)(=O)Cc1nc(CN2CCCc3cc(F)ccc32)cs1. The Hall–Kier alpha value is -1.47. The Morgan fingerprint density at radius 1 is 1.41 bits per heavy atom. The topological polar surface area (TPSA) is 50.3 Å². The maximum absolute atomic E-state index is 13.3. The summed E-state index contributed by atoms with van der Waals surface area (Å²) in [5.41, 5.74) is 2.93. The molecule has 0 saturated carbocycles. The lowest BCUT2D eigenvalue weighted by Crippen LogP contribution is -2.29. The second-order valence-corrected chi connectivity index (χ2v) is 8.68. The fraction of sp³-hybridized carbons (Fsp3) is 0.400. The number of anilines is 1. The van der Waals surface area contributed by atoms with E-state index in [9.17, 15) is 12.8 Å². The van der Waals surface area contributed by atoms with Gasteiger partial charge >= 0.3 is 0 Å². The fourth-order valence-electron chi connectivity index (χ4n) is 2.72. The molecule has 2 aromatic rings. The Bertz CT molecular complexity index is 787. The molecule has 0 radical (unpaired) electrons. The van der Waals surface area contributed by atoms with Crippen LogP contribution in [0.25, 0.3) is 0 Å². The van der Waals surface area contributed by atoms with Gasteiger partial charge in [-0.1, -0.05) is 0 Å². The number of hydrogen-bond acceptors (Lipinski definition) is 5.